The lowest BCUT2D eigenvalue weighted by Gasteiger charge is -2.14. The lowest BCUT2D eigenvalue weighted by Crippen LogP contribution is -2.21. The maximum atomic E-state index is 12.7. The molecule has 0 spiro atoms. The molecular weight excluding hydrogens is 336 g/mol. The molecular formula is C20H22O6. The molecule has 26 heavy (non-hydrogen) atoms. The van der Waals surface area contributed by atoms with E-state index in [1.165, 1.54) is 28.4 Å². The summed E-state index contributed by atoms with van der Waals surface area (Å²) in [5.74, 6) is 0.446. The minimum Gasteiger partial charge on any atom is -0.493 e. The van der Waals surface area contributed by atoms with Gasteiger partial charge >= 0.3 is 0 Å². The van der Waals surface area contributed by atoms with Crippen molar-refractivity contribution in [2.75, 3.05) is 28.4 Å². The normalized spacial score (nSPS) is 10.4. The molecule has 0 fully saturated rings. The Morgan fingerprint density at radius 3 is 1.31 bits per heavy atom. The third kappa shape index (κ3) is 3.79. The molecule has 2 aromatic rings. The molecule has 2 aromatic carbocycles. The van der Waals surface area contributed by atoms with Crippen molar-refractivity contribution in [1.82, 2.24) is 0 Å². The average molecular weight is 358 g/mol. The minimum absolute atomic E-state index is 0.300. The van der Waals surface area contributed by atoms with Crippen LogP contribution in [0.2, 0.25) is 0 Å². The van der Waals surface area contributed by atoms with Crippen LogP contribution in [0.15, 0.2) is 36.4 Å². The van der Waals surface area contributed by atoms with E-state index in [1.807, 2.05) is 0 Å². The zero-order valence-electron chi connectivity index (χ0n) is 15.5. The van der Waals surface area contributed by atoms with E-state index in [1.54, 1.807) is 43.3 Å². The van der Waals surface area contributed by atoms with Crippen LogP contribution >= 0.6 is 0 Å². The summed E-state index contributed by atoms with van der Waals surface area (Å²) in [7, 11) is 6.01. The quantitative estimate of drug-likeness (QED) is 0.532. The maximum absolute atomic E-state index is 12.7. The molecule has 0 aliphatic carbocycles. The topological polar surface area (TPSA) is 71.1 Å². The fraction of sp³-hybridized carbons (Fsp3) is 0.300. The minimum atomic E-state index is -0.855. The summed E-state index contributed by atoms with van der Waals surface area (Å²) in [6, 6.07) is 9.64. The van der Waals surface area contributed by atoms with E-state index < -0.39 is 5.92 Å². The van der Waals surface area contributed by atoms with Crippen molar-refractivity contribution in [3.8, 4) is 23.0 Å². The highest BCUT2D eigenvalue weighted by molar-refractivity contribution is 6.16. The Labute approximate surface area is 152 Å². The standard InChI is InChI=1S/C20H22O6/c1-12(19(21)13-6-8-15(23-2)17(10-13)25-4)20(22)14-7-9-16(24-3)18(11-14)26-5/h6-12H,1-5H3. The third-order valence-corrected chi connectivity index (χ3v) is 4.12. The monoisotopic (exact) mass is 358 g/mol. The highest BCUT2D eigenvalue weighted by atomic mass is 16.5. The number of carbonyl (C=O) groups excluding carboxylic acids is 2. The van der Waals surface area contributed by atoms with Crippen LogP contribution in [-0.4, -0.2) is 40.0 Å². The summed E-state index contributed by atoms with van der Waals surface area (Å²) in [5, 5.41) is 0. The van der Waals surface area contributed by atoms with Crippen LogP contribution in [0.3, 0.4) is 0 Å². The first kappa shape index (κ1) is 19.3. The Morgan fingerprint density at radius 1 is 0.654 bits per heavy atom. The first-order chi connectivity index (χ1) is 12.5. The van der Waals surface area contributed by atoms with Gasteiger partial charge in [0.15, 0.2) is 34.6 Å². The molecule has 0 amide bonds. The van der Waals surface area contributed by atoms with Crippen molar-refractivity contribution in [3.63, 3.8) is 0 Å². The van der Waals surface area contributed by atoms with Crippen LogP contribution in [0.4, 0.5) is 0 Å². The predicted molar refractivity (Wildman–Crippen MR) is 96.9 cm³/mol. The highest BCUT2D eigenvalue weighted by Crippen LogP contribution is 2.31. The van der Waals surface area contributed by atoms with Gasteiger partial charge in [0.2, 0.25) is 0 Å². The first-order valence-corrected chi connectivity index (χ1v) is 7.99. The van der Waals surface area contributed by atoms with Crippen LogP contribution < -0.4 is 18.9 Å². The molecule has 0 unspecified atom stereocenters. The number of Topliss-reactive ketones (excluding diaryl/α,β-unsaturated/α-hetero) is 2. The van der Waals surface area contributed by atoms with E-state index in [2.05, 4.69) is 0 Å². The number of ether oxygens (including phenoxy) is 4. The van der Waals surface area contributed by atoms with Gasteiger partial charge in [0.05, 0.1) is 34.4 Å². The van der Waals surface area contributed by atoms with Crippen molar-refractivity contribution in [2.45, 2.75) is 6.92 Å². The SMILES string of the molecule is COc1ccc(C(=O)C(C)C(=O)c2ccc(OC)c(OC)c2)cc1OC. The summed E-state index contributed by atoms with van der Waals surface area (Å²) in [4.78, 5) is 25.5. The Balaban J connectivity index is 2.29. The number of hydrogen-bond donors (Lipinski definition) is 0. The fourth-order valence-electron chi connectivity index (χ4n) is 2.60. The van der Waals surface area contributed by atoms with Crippen molar-refractivity contribution in [2.24, 2.45) is 5.92 Å². The van der Waals surface area contributed by atoms with Gasteiger partial charge in [0, 0.05) is 11.1 Å². The van der Waals surface area contributed by atoms with Gasteiger partial charge < -0.3 is 18.9 Å². The maximum Gasteiger partial charge on any atom is 0.173 e. The molecule has 0 N–H and O–H groups in total. The Morgan fingerprint density at radius 2 is 1.00 bits per heavy atom. The van der Waals surface area contributed by atoms with Gasteiger partial charge in [-0.1, -0.05) is 0 Å². The second-order valence-electron chi connectivity index (χ2n) is 5.59. The van der Waals surface area contributed by atoms with Crippen LogP contribution in [-0.2, 0) is 0 Å². The summed E-state index contributed by atoms with van der Waals surface area (Å²) < 4.78 is 20.8. The van der Waals surface area contributed by atoms with Gasteiger partial charge in [-0.05, 0) is 43.3 Å². The number of ketones is 2. The van der Waals surface area contributed by atoms with E-state index >= 15 is 0 Å². The van der Waals surface area contributed by atoms with Crippen molar-refractivity contribution in [1.29, 1.82) is 0 Å². The van der Waals surface area contributed by atoms with E-state index in [9.17, 15) is 9.59 Å². The number of methoxy groups -OCH3 is 4. The van der Waals surface area contributed by atoms with E-state index in [0.717, 1.165) is 0 Å². The fourth-order valence-corrected chi connectivity index (χ4v) is 2.60. The Kier molecular flexibility index (Phi) is 6.22. The summed E-state index contributed by atoms with van der Waals surface area (Å²) in [5.41, 5.74) is 0.757. The molecule has 0 aliphatic heterocycles. The van der Waals surface area contributed by atoms with Crippen LogP contribution in [0.5, 0.6) is 23.0 Å². The number of benzene rings is 2. The molecule has 0 aliphatic rings. The van der Waals surface area contributed by atoms with Crippen molar-refractivity contribution < 1.29 is 28.5 Å². The molecule has 138 valence electrons. The van der Waals surface area contributed by atoms with Gasteiger partial charge in [-0.3, -0.25) is 9.59 Å². The molecule has 6 nitrogen and oxygen atoms in total. The molecule has 2 rings (SSSR count). The van der Waals surface area contributed by atoms with E-state index in [0.29, 0.717) is 34.1 Å². The van der Waals surface area contributed by atoms with Gasteiger partial charge in [-0.15, -0.1) is 0 Å². The predicted octanol–water partition coefficient (Wildman–Crippen LogP) is 3.42. The van der Waals surface area contributed by atoms with E-state index in [-0.39, 0.29) is 11.6 Å². The molecule has 0 aromatic heterocycles. The largest absolute Gasteiger partial charge is 0.493 e. The Bertz CT molecular complexity index is 744. The van der Waals surface area contributed by atoms with Gasteiger partial charge in [0.1, 0.15) is 0 Å². The molecule has 0 saturated carbocycles. The molecule has 0 saturated heterocycles. The summed E-state index contributed by atoms with van der Waals surface area (Å²) in [6.07, 6.45) is 0. The molecule has 0 atom stereocenters. The lowest BCUT2D eigenvalue weighted by molar-refractivity contribution is 0.0820. The lowest BCUT2D eigenvalue weighted by atomic mass is 9.91. The first-order valence-electron chi connectivity index (χ1n) is 7.99. The van der Waals surface area contributed by atoms with Gasteiger partial charge in [-0.25, -0.2) is 0 Å². The second-order valence-corrected chi connectivity index (χ2v) is 5.59. The van der Waals surface area contributed by atoms with Crippen LogP contribution in [0.1, 0.15) is 27.6 Å². The van der Waals surface area contributed by atoms with Crippen molar-refractivity contribution >= 4 is 11.6 Å². The molecule has 6 heteroatoms. The molecule has 0 radical (unpaired) electrons. The third-order valence-electron chi connectivity index (χ3n) is 4.12. The summed E-state index contributed by atoms with van der Waals surface area (Å²) >= 11 is 0. The second kappa shape index (κ2) is 8.38. The summed E-state index contributed by atoms with van der Waals surface area (Å²) in [6.45, 7) is 1.58. The smallest absolute Gasteiger partial charge is 0.173 e. The Hall–Kier alpha value is -3.02. The van der Waals surface area contributed by atoms with Crippen molar-refractivity contribution in [3.05, 3.63) is 47.5 Å². The van der Waals surface area contributed by atoms with E-state index in [4.69, 9.17) is 18.9 Å². The average Bonchev–Trinajstić information content (AvgIpc) is 2.70. The zero-order chi connectivity index (χ0) is 19.3. The van der Waals surface area contributed by atoms with Gasteiger partial charge in [-0.2, -0.15) is 0 Å². The number of carbonyl (C=O) groups is 2. The number of rotatable bonds is 8. The van der Waals surface area contributed by atoms with Gasteiger partial charge in [0.25, 0.3) is 0 Å². The highest BCUT2D eigenvalue weighted by Gasteiger charge is 2.25. The number of hydrogen-bond acceptors (Lipinski definition) is 6. The van der Waals surface area contributed by atoms with Crippen LogP contribution in [0, 0.1) is 5.92 Å². The van der Waals surface area contributed by atoms with Crippen LogP contribution in [0.25, 0.3) is 0 Å². The molecule has 0 heterocycles. The zero-order valence-corrected chi connectivity index (χ0v) is 15.5. The molecule has 0 bridgehead atoms.